The smallest absolute Gasteiger partial charge is 0.306 e. The number of rotatable bonds is 59. The average Bonchev–Trinajstić information content (AvgIpc) is 3.41. The van der Waals surface area contributed by atoms with E-state index < -0.39 is 24.3 Å². The number of hydrogen-bond donors (Lipinski definition) is 0. The second-order valence-electron chi connectivity index (χ2n) is 22.7. The molecule has 0 bridgehead atoms. The fraction of sp³-hybridized carbons (Fsp3) is 0.754. The van der Waals surface area contributed by atoms with Gasteiger partial charge < -0.3 is 33.3 Å². The maximum absolute atomic E-state index is 12.9. The van der Waals surface area contributed by atoms with Gasteiger partial charge >= 0.3 is 11.9 Å². The van der Waals surface area contributed by atoms with Gasteiger partial charge in [-0.15, -0.1) is 0 Å². The molecule has 0 fully saturated rings. The number of likely N-dealkylation sites (N-methyl/N-ethyl adjacent to an activating group) is 1. The van der Waals surface area contributed by atoms with Crippen LogP contribution in [0.4, 0.5) is 0 Å². The fourth-order valence-corrected chi connectivity index (χ4v) is 8.99. The van der Waals surface area contributed by atoms with Crippen molar-refractivity contribution in [2.24, 2.45) is 0 Å². The van der Waals surface area contributed by atoms with E-state index in [0.717, 1.165) is 83.5 Å². The summed E-state index contributed by atoms with van der Waals surface area (Å²) in [6.07, 6.45) is 76.5. The van der Waals surface area contributed by atoms with Gasteiger partial charge in [-0.05, 0) is 70.6 Å². The van der Waals surface area contributed by atoms with E-state index in [1.165, 1.54) is 161 Å². The van der Waals surface area contributed by atoms with Crippen LogP contribution >= 0.6 is 0 Å². The number of esters is 2. The molecule has 0 saturated carbocycles. The molecule has 450 valence electrons. The Hall–Kier alpha value is -3.53. The van der Waals surface area contributed by atoms with Gasteiger partial charge in [-0.25, -0.2) is 0 Å². The Labute approximate surface area is 480 Å². The number of nitrogens with zero attached hydrogens (tertiary/aromatic N) is 1. The van der Waals surface area contributed by atoms with Crippen LogP contribution in [0.5, 0.6) is 0 Å². The van der Waals surface area contributed by atoms with Crippen molar-refractivity contribution in [3.63, 3.8) is 0 Å². The average molecular weight is 1090 g/mol. The third kappa shape index (κ3) is 60.1. The van der Waals surface area contributed by atoms with Crippen LogP contribution in [0.15, 0.2) is 85.1 Å². The minimum Gasteiger partial charge on any atom is -0.545 e. The second-order valence-corrected chi connectivity index (χ2v) is 22.7. The fourth-order valence-electron chi connectivity index (χ4n) is 8.99. The van der Waals surface area contributed by atoms with Gasteiger partial charge in [0.2, 0.25) is 0 Å². The Kier molecular flexibility index (Phi) is 56.9. The molecule has 0 aliphatic rings. The first kappa shape index (κ1) is 74.5. The van der Waals surface area contributed by atoms with E-state index in [-0.39, 0.29) is 32.2 Å². The zero-order valence-electron chi connectivity index (χ0n) is 51.3. The molecule has 0 rings (SSSR count). The highest BCUT2D eigenvalue weighted by molar-refractivity contribution is 5.70. The lowest BCUT2D eigenvalue weighted by Gasteiger charge is -2.26. The van der Waals surface area contributed by atoms with E-state index in [4.69, 9.17) is 18.9 Å². The molecule has 0 spiro atoms. The second kappa shape index (κ2) is 59.6. The molecule has 78 heavy (non-hydrogen) atoms. The predicted molar refractivity (Wildman–Crippen MR) is 329 cm³/mol. The third-order valence-electron chi connectivity index (χ3n) is 13.9. The van der Waals surface area contributed by atoms with Crippen LogP contribution in [0, 0.1) is 0 Å². The Morgan fingerprint density at radius 3 is 1.09 bits per heavy atom. The summed E-state index contributed by atoms with van der Waals surface area (Å²) in [5, 5.41) is 11.8. The van der Waals surface area contributed by atoms with Gasteiger partial charge in [0.05, 0.1) is 40.3 Å². The molecule has 0 saturated heterocycles. The van der Waals surface area contributed by atoms with Crippen LogP contribution in [0.1, 0.15) is 277 Å². The highest BCUT2D eigenvalue weighted by atomic mass is 16.7. The first-order chi connectivity index (χ1) is 38.1. The van der Waals surface area contributed by atoms with Gasteiger partial charge in [-0.1, -0.05) is 279 Å². The SMILES string of the molecule is CC/C=C\C/C=C\C/C=C\C/C=C\C/C=C\C/C=C\C/C=C\CCCCCCCCCCCCCCCCCC(=O)OC(COC(=O)CCCCCCCCCCCCCCCCCC)COC(OCC[N+](C)(C)C)C(=O)[O-]. The summed E-state index contributed by atoms with van der Waals surface area (Å²) in [4.78, 5) is 37.3. The van der Waals surface area contributed by atoms with Crippen molar-refractivity contribution >= 4 is 17.9 Å². The zero-order chi connectivity index (χ0) is 56.9. The summed E-state index contributed by atoms with van der Waals surface area (Å²) in [5.41, 5.74) is 0. The molecule has 0 aromatic rings. The Morgan fingerprint density at radius 1 is 0.397 bits per heavy atom. The molecule has 0 heterocycles. The van der Waals surface area contributed by atoms with E-state index in [1.807, 2.05) is 21.1 Å². The third-order valence-corrected chi connectivity index (χ3v) is 13.9. The van der Waals surface area contributed by atoms with Gasteiger partial charge in [0.15, 0.2) is 12.4 Å². The minimum atomic E-state index is -1.62. The molecule has 0 aromatic carbocycles. The standard InChI is InChI=1S/C69H121NO8/c1-6-8-10-12-14-16-18-20-22-24-25-26-27-28-29-30-31-32-33-34-35-36-37-38-39-40-41-42-43-44-46-48-50-52-54-56-58-60-67(72)78-65(64-77-69(68(73)74)75-62-61-70(3,4)5)63-76-66(71)59-57-55-53-51-49-47-45-23-21-19-17-15-13-11-9-7-2/h8,10,14,16,20,22,25-26,28-29,31-32,34-35,65,69H,6-7,9,11-13,15,17-19,21,23-24,27,30,33,36-64H2,1-5H3/b10-8-,16-14-,22-20-,26-25-,29-28-,32-31-,35-34-. The van der Waals surface area contributed by atoms with Crippen molar-refractivity contribution in [2.45, 2.75) is 289 Å². The normalized spacial score (nSPS) is 13.3. The molecule has 0 aromatic heterocycles. The highest BCUT2D eigenvalue weighted by Crippen LogP contribution is 2.17. The summed E-state index contributed by atoms with van der Waals surface area (Å²) in [6.45, 7) is 4.66. The molecule has 0 radical (unpaired) electrons. The van der Waals surface area contributed by atoms with Gasteiger partial charge in [-0.2, -0.15) is 0 Å². The number of allylic oxidation sites excluding steroid dienone is 14. The molecule has 9 heteroatoms. The van der Waals surface area contributed by atoms with Gasteiger partial charge in [0.1, 0.15) is 13.2 Å². The van der Waals surface area contributed by atoms with Crippen molar-refractivity contribution < 1.29 is 42.9 Å². The van der Waals surface area contributed by atoms with Crippen molar-refractivity contribution in [3.05, 3.63) is 85.1 Å². The quantitative estimate of drug-likeness (QED) is 0.0195. The van der Waals surface area contributed by atoms with Crippen molar-refractivity contribution in [3.8, 4) is 0 Å². The van der Waals surface area contributed by atoms with Gasteiger partial charge in [0, 0.05) is 12.8 Å². The van der Waals surface area contributed by atoms with Crippen LogP contribution in [0.2, 0.25) is 0 Å². The van der Waals surface area contributed by atoms with Gasteiger partial charge in [0.25, 0.3) is 0 Å². The number of carboxylic acid groups (broad SMARTS) is 1. The van der Waals surface area contributed by atoms with Crippen molar-refractivity contribution in [1.29, 1.82) is 0 Å². The minimum absolute atomic E-state index is 0.147. The topological polar surface area (TPSA) is 111 Å². The van der Waals surface area contributed by atoms with Crippen LogP contribution in [0.3, 0.4) is 0 Å². The van der Waals surface area contributed by atoms with Crippen LogP contribution in [-0.4, -0.2) is 82.3 Å². The molecule has 2 unspecified atom stereocenters. The van der Waals surface area contributed by atoms with E-state index in [9.17, 15) is 19.5 Å². The largest absolute Gasteiger partial charge is 0.545 e. The van der Waals surface area contributed by atoms with Crippen LogP contribution in [-0.2, 0) is 33.3 Å². The Morgan fingerprint density at radius 2 is 0.731 bits per heavy atom. The summed E-state index contributed by atoms with van der Waals surface area (Å²) in [7, 11) is 5.93. The highest BCUT2D eigenvalue weighted by Gasteiger charge is 2.22. The molecule has 9 nitrogen and oxygen atoms in total. The maximum atomic E-state index is 12.9. The number of carboxylic acids is 1. The van der Waals surface area contributed by atoms with Gasteiger partial charge in [-0.3, -0.25) is 9.59 Å². The number of carbonyl (C=O) groups is 3. The molecule has 0 aliphatic carbocycles. The maximum Gasteiger partial charge on any atom is 0.306 e. The van der Waals surface area contributed by atoms with Crippen LogP contribution in [0.25, 0.3) is 0 Å². The number of unbranched alkanes of at least 4 members (excludes halogenated alkanes) is 30. The monoisotopic (exact) mass is 1090 g/mol. The van der Waals surface area contributed by atoms with E-state index in [2.05, 4.69) is 98.9 Å². The van der Waals surface area contributed by atoms with E-state index in [0.29, 0.717) is 23.9 Å². The summed E-state index contributed by atoms with van der Waals surface area (Å²) in [5.74, 6) is -2.27. The van der Waals surface area contributed by atoms with E-state index >= 15 is 0 Å². The molecular weight excluding hydrogens is 971 g/mol. The lowest BCUT2D eigenvalue weighted by molar-refractivity contribution is -0.870. The number of quaternary nitrogens is 1. The first-order valence-electron chi connectivity index (χ1n) is 32.2. The Bertz CT molecular complexity index is 1550. The number of carbonyl (C=O) groups excluding carboxylic acids is 3. The molecule has 0 aliphatic heterocycles. The lowest BCUT2D eigenvalue weighted by Crippen LogP contribution is -2.44. The zero-order valence-corrected chi connectivity index (χ0v) is 51.3. The molecule has 2 atom stereocenters. The van der Waals surface area contributed by atoms with Crippen LogP contribution < -0.4 is 5.11 Å². The summed E-state index contributed by atoms with van der Waals surface area (Å²) in [6, 6.07) is 0. The number of aliphatic carboxylic acids is 1. The molecule has 0 N–H and O–H groups in total. The molecule has 0 amide bonds. The molecular formula is C69H121NO8. The van der Waals surface area contributed by atoms with E-state index in [1.54, 1.807) is 0 Å². The first-order valence-corrected chi connectivity index (χ1v) is 32.2. The van der Waals surface area contributed by atoms with Crippen molar-refractivity contribution in [2.75, 3.05) is 47.5 Å². The summed E-state index contributed by atoms with van der Waals surface area (Å²) >= 11 is 0. The number of ether oxygens (including phenoxy) is 4. The lowest BCUT2D eigenvalue weighted by atomic mass is 10.0. The predicted octanol–water partition coefficient (Wildman–Crippen LogP) is 18.2. The number of hydrogen-bond acceptors (Lipinski definition) is 8. The Balaban J connectivity index is 4.08. The van der Waals surface area contributed by atoms with Crippen molar-refractivity contribution in [1.82, 2.24) is 0 Å². The summed E-state index contributed by atoms with van der Waals surface area (Å²) < 4.78 is 22.7.